The molecule has 1 fully saturated rings. The zero-order chi connectivity index (χ0) is 17.8. The normalized spacial score (nSPS) is 14.9. The van der Waals surface area contributed by atoms with E-state index in [0.717, 1.165) is 41.8 Å². The second-order valence-electron chi connectivity index (χ2n) is 6.52. The van der Waals surface area contributed by atoms with E-state index in [1.807, 2.05) is 47.8 Å². The standard InChI is InChI=1S/C21H20N2O2S/c24-21(16-5-2-1-3-6-16)25-17-10-8-15(9-11-17)20-22-13-12-18(23-20)19-7-4-14-26-19/h4,7-14,16H,1-3,5-6H2. The highest BCUT2D eigenvalue weighted by Gasteiger charge is 2.22. The average molecular weight is 364 g/mol. The molecule has 0 radical (unpaired) electrons. The number of benzene rings is 1. The van der Waals surface area contributed by atoms with Gasteiger partial charge in [-0.2, -0.15) is 0 Å². The summed E-state index contributed by atoms with van der Waals surface area (Å²) >= 11 is 1.65. The van der Waals surface area contributed by atoms with Gasteiger partial charge in [-0.15, -0.1) is 11.3 Å². The molecule has 4 nitrogen and oxygen atoms in total. The molecule has 1 saturated carbocycles. The first-order chi connectivity index (χ1) is 12.8. The van der Waals surface area contributed by atoms with Crippen molar-refractivity contribution < 1.29 is 9.53 Å². The monoisotopic (exact) mass is 364 g/mol. The summed E-state index contributed by atoms with van der Waals surface area (Å²) in [5.74, 6) is 1.20. The maximum absolute atomic E-state index is 12.3. The molecule has 0 spiro atoms. The van der Waals surface area contributed by atoms with Crippen molar-refractivity contribution in [2.75, 3.05) is 0 Å². The minimum absolute atomic E-state index is 0.0502. The number of nitrogens with zero attached hydrogens (tertiary/aromatic N) is 2. The van der Waals surface area contributed by atoms with Gasteiger partial charge in [-0.05, 0) is 54.6 Å². The van der Waals surface area contributed by atoms with Gasteiger partial charge in [-0.25, -0.2) is 9.97 Å². The molecule has 1 aliphatic rings. The molecule has 0 unspecified atom stereocenters. The van der Waals surface area contributed by atoms with Gasteiger partial charge in [-0.3, -0.25) is 4.79 Å². The molecule has 2 aromatic heterocycles. The van der Waals surface area contributed by atoms with Crippen molar-refractivity contribution in [1.82, 2.24) is 9.97 Å². The molecule has 2 heterocycles. The van der Waals surface area contributed by atoms with Gasteiger partial charge in [0.05, 0.1) is 16.5 Å². The Kier molecular flexibility index (Phi) is 5.07. The highest BCUT2D eigenvalue weighted by atomic mass is 32.1. The van der Waals surface area contributed by atoms with Gasteiger partial charge in [-0.1, -0.05) is 25.3 Å². The van der Waals surface area contributed by atoms with Crippen LogP contribution in [0.3, 0.4) is 0 Å². The lowest BCUT2D eigenvalue weighted by Crippen LogP contribution is -2.22. The quantitative estimate of drug-likeness (QED) is 0.462. The van der Waals surface area contributed by atoms with Crippen molar-refractivity contribution in [3.8, 4) is 27.7 Å². The van der Waals surface area contributed by atoms with Gasteiger partial charge in [0.15, 0.2) is 5.82 Å². The van der Waals surface area contributed by atoms with E-state index in [1.165, 1.54) is 6.42 Å². The third-order valence-electron chi connectivity index (χ3n) is 4.70. The molecule has 1 aliphatic carbocycles. The van der Waals surface area contributed by atoms with Gasteiger partial charge < -0.3 is 4.74 Å². The summed E-state index contributed by atoms with van der Waals surface area (Å²) in [6, 6.07) is 13.4. The Morgan fingerprint density at radius 3 is 2.58 bits per heavy atom. The molecule has 3 aromatic rings. The van der Waals surface area contributed by atoms with Crippen molar-refractivity contribution in [3.05, 3.63) is 54.0 Å². The van der Waals surface area contributed by atoms with Crippen molar-refractivity contribution >= 4 is 17.3 Å². The molecule has 0 bridgehead atoms. The number of carbonyl (C=O) groups is 1. The van der Waals surface area contributed by atoms with Crippen LogP contribution in [0.2, 0.25) is 0 Å². The first-order valence-electron chi connectivity index (χ1n) is 8.99. The zero-order valence-electron chi connectivity index (χ0n) is 14.4. The lowest BCUT2D eigenvalue weighted by atomic mass is 9.89. The van der Waals surface area contributed by atoms with Gasteiger partial charge in [0.25, 0.3) is 0 Å². The van der Waals surface area contributed by atoms with E-state index < -0.39 is 0 Å². The number of carbonyl (C=O) groups excluding carboxylic acids is 1. The van der Waals surface area contributed by atoms with Crippen LogP contribution in [-0.4, -0.2) is 15.9 Å². The SMILES string of the molecule is O=C(Oc1ccc(-c2nccc(-c3cccs3)n2)cc1)C1CCCCC1. The summed E-state index contributed by atoms with van der Waals surface area (Å²) in [7, 11) is 0. The van der Waals surface area contributed by atoms with Crippen LogP contribution in [0.5, 0.6) is 5.75 Å². The van der Waals surface area contributed by atoms with Crippen molar-refractivity contribution in [1.29, 1.82) is 0 Å². The van der Waals surface area contributed by atoms with Gasteiger partial charge in [0.1, 0.15) is 5.75 Å². The Morgan fingerprint density at radius 1 is 1.04 bits per heavy atom. The summed E-state index contributed by atoms with van der Waals surface area (Å²) in [6.07, 6.45) is 7.13. The smallest absolute Gasteiger partial charge is 0.314 e. The lowest BCUT2D eigenvalue weighted by Gasteiger charge is -2.19. The van der Waals surface area contributed by atoms with Crippen LogP contribution in [0.1, 0.15) is 32.1 Å². The number of aromatic nitrogens is 2. The molecular formula is C21H20N2O2S. The van der Waals surface area contributed by atoms with Crippen molar-refractivity contribution in [3.63, 3.8) is 0 Å². The highest BCUT2D eigenvalue weighted by molar-refractivity contribution is 7.13. The summed E-state index contributed by atoms with van der Waals surface area (Å²) < 4.78 is 5.55. The van der Waals surface area contributed by atoms with Gasteiger partial charge >= 0.3 is 5.97 Å². The number of ether oxygens (including phenoxy) is 1. The molecule has 0 saturated heterocycles. The maximum Gasteiger partial charge on any atom is 0.314 e. The van der Waals surface area contributed by atoms with E-state index in [0.29, 0.717) is 11.6 Å². The number of rotatable bonds is 4. The second-order valence-corrected chi connectivity index (χ2v) is 7.47. The Bertz CT molecular complexity index is 869. The van der Waals surface area contributed by atoms with E-state index in [4.69, 9.17) is 4.74 Å². The van der Waals surface area contributed by atoms with Crippen LogP contribution in [0.4, 0.5) is 0 Å². The fourth-order valence-electron chi connectivity index (χ4n) is 3.27. The fraction of sp³-hybridized carbons (Fsp3) is 0.286. The average Bonchev–Trinajstić information content (AvgIpc) is 3.24. The Balaban J connectivity index is 1.47. The minimum Gasteiger partial charge on any atom is -0.426 e. The summed E-state index contributed by atoms with van der Waals surface area (Å²) in [5, 5.41) is 2.03. The van der Waals surface area contributed by atoms with Crippen molar-refractivity contribution in [2.24, 2.45) is 5.92 Å². The minimum atomic E-state index is -0.103. The lowest BCUT2D eigenvalue weighted by molar-refractivity contribution is -0.139. The highest BCUT2D eigenvalue weighted by Crippen LogP contribution is 2.27. The number of esters is 1. The molecule has 132 valence electrons. The Labute approximate surface area is 156 Å². The first kappa shape index (κ1) is 16.9. The number of hydrogen-bond donors (Lipinski definition) is 0. The van der Waals surface area contributed by atoms with E-state index in [-0.39, 0.29) is 11.9 Å². The number of thiophene rings is 1. The molecule has 0 N–H and O–H groups in total. The first-order valence-corrected chi connectivity index (χ1v) is 9.86. The Hall–Kier alpha value is -2.53. The molecule has 26 heavy (non-hydrogen) atoms. The zero-order valence-corrected chi connectivity index (χ0v) is 15.2. The van der Waals surface area contributed by atoms with E-state index >= 15 is 0 Å². The fourth-order valence-corrected chi connectivity index (χ4v) is 3.96. The molecule has 0 aliphatic heterocycles. The largest absolute Gasteiger partial charge is 0.426 e. The van der Waals surface area contributed by atoms with E-state index in [9.17, 15) is 4.79 Å². The molecule has 1 aromatic carbocycles. The predicted molar refractivity (Wildman–Crippen MR) is 103 cm³/mol. The summed E-state index contributed by atoms with van der Waals surface area (Å²) in [5.41, 5.74) is 1.82. The third kappa shape index (κ3) is 3.83. The third-order valence-corrected chi connectivity index (χ3v) is 5.59. The van der Waals surface area contributed by atoms with Crippen LogP contribution in [0, 0.1) is 5.92 Å². The van der Waals surface area contributed by atoms with Gasteiger partial charge in [0.2, 0.25) is 0 Å². The summed E-state index contributed by atoms with van der Waals surface area (Å²) in [4.78, 5) is 22.4. The van der Waals surface area contributed by atoms with E-state index in [2.05, 4.69) is 9.97 Å². The number of hydrogen-bond acceptors (Lipinski definition) is 5. The van der Waals surface area contributed by atoms with Crippen LogP contribution >= 0.6 is 11.3 Å². The molecule has 5 heteroatoms. The van der Waals surface area contributed by atoms with Crippen LogP contribution in [0.15, 0.2) is 54.0 Å². The molecular weight excluding hydrogens is 344 g/mol. The topological polar surface area (TPSA) is 52.1 Å². The molecule has 4 rings (SSSR count). The Morgan fingerprint density at radius 2 is 1.85 bits per heavy atom. The molecule has 0 atom stereocenters. The van der Waals surface area contributed by atoms with Crippen molar-refractivity contribution in [2.45, 2.75) is 32.1 Å². The predicted octanol–water partition coefficient (Wildman–Crippen LogP) is 5.36. The van der Waals surface area contributed by atoms with Crippen LogP contribution in [-0.2, 0) is 4.79 Å². The van der Waals surface area contributed by atoms with Crippen LogP contribution < -0.4 is 4.74 Å². The van der Waals surface area contributed by atoms with E-state index in [1.54, 1.807) is 17.5 Å². The molecule has 0 amide bonds. The summed E-state index contributed by atoms with van der Waals surface area (Å²) in [6.45, 7) is 0. The van der Waals surface area contributed by atoms with Gasteiger partial charge in [0, 0.05) is 11.8 Å². The maximum atomic E-state index is 12.3. The van der Waals surface area contributed by atoms with Crippen LogP contribution in [0.25, 0.3) is 22.0 Å². The second kappa shape index (κ2) is 7.79.